The molecule has 2 aromatic rings. The van der Waals surface area contributed by atoms with Gasteiger partial charge in [0.1, 0.15) is 0 Å². The molecule has 2 N–H and O–H groups in total. The SMILES string of the molecule is CN=C(NCCCCn1ccccc1=O)NCCc1cccc(Cl)c1. The van der Waals surface area contributed by atoms with Gasteiger partial charge in [0.2, 0.25) is 5.56 Å². The van der Waals surface area contributed by atoms with E-state index in [-0.39, 0.29) is 5.56 Å². The summed E-state index contributed by atoms with van der Waals surface area (Å²) >= 11 is 5.99. The fraction of sp³-hybridized carbons (Fsp3) is 0.368. The summed E-state index contributed by atoms with van der Waals surface area (Å²) in [4.78, 5) is 15.8. The Bertz CT molecular complexity index is 742. The van der Waals surface area contributed by atoms with Crippen LogP contribution in [0.2, 0.25) is 5.02 Å². The number of rotatable bonds is 8. The average Bonchev–Trinajstić information content (AvgIpc) is 2.61. The minimum absolute atomic E-state index is 0.0500. The van der Waals surface area contributed by atoms with E-state index in [4.69, 9.17) is 11.6 Å². The topological polar surface area (TPSA) is 58.4 Å². The maximum absolute atomic E-state index is 11.6. The number of nitrogens with zero attached hydrogens (tertiary/aromatic N) is 2. The number of hydrogen-bond acceptors (Lipinski definition) is 2. The van der Waals surface area contributed by atoms with Crippen LogP contribution in [-0.4, -0.2) is 30.7 Å². The molecule has 0 bridgehead atoms. The summed E-state index contributed by atoms with van der Waals surface area (Å²) in [7, 11) is 1.76. The minimum atomic E-state index is 0.0500. The number of pyridine rings is 1. The highest BCUT2D eigenvalue weighted by Gasteiger charge is 1.99. The Balaban J connectivity index is 1.62. The smallest absolute Gasteiger partial charge is 0.250 e. The first-order valence-electron chi connectivity index (χ1n) is 8.53. The number of benzene rings is 1. The number of halogens is 1. The van der Waals surface area contributed by atoms with Crippen LogP contribution in [0.4, 0.5) is 0 Å². The van der Waals surface area contributed by atoms with E-state index in [0.29, 0.717) is 0 Å². The van der Waals surface area contributed by atoms with Crippen LogP contribution < -0.4 is 16.2 Å². The summed E-state index contributed by atoms with van der Waals surface area (Å²) in [5.41, 5.74) is 1.25. The highest BCUT2D eigenvalue weighted by molar-refractivity contribution is 6.30. The van der Waals surface area contributed by atoms with Gasteiger partial charge in [-0.05, 0) is 43.0 Å². The second-order valence-corrected chi connectivity index (χ2v) is 6.18. The molecule has 1 aromatic carbocycles. The van der Waals surface area contributed by atoms with Gasteiger partial charge in [-0.1, -0.05) is 29.8 Å². The van der Waals surface area contributed by atoms with Gasteiger partial charge in [0.05, 0.1) is 0 Å². The Kier molecular flexibility index (Phi) is 8.05. The van der Waals surface area contributed by atoms with Crippen LogP contribution in [-0.2, 0) is 13.0 Å². The van der Waals surface area contributed by atoms with Crippen molar-refractivity contribution in [3.8, 4) is 0 Å². The second kappa shape index (κ2) is 10.6. The number of aromatic nitrogens is 1. The monoisotopic (exact) mass is 360 g/mol. The van der Waals surface area contributed by atoms with Crippen molar-refractivity contribution in [1.29, 1.82) is 0 Å². The quantitative estimate of drug-likeness (QED) is 0.432. The van der Waals surface area contributed by atoms with Crippen LogP contribution in [0.3, 0.4) is 0 Å². The van der Waals surface area contributed by atoms with Gasteiger partial charge in [0, 0.05) is 44.0 Å². The molecule has 2 rings (SSSR count). The summed E-state index contributed by atoms with van der Waals surface area (Å²) in [6.07, 6.45) is 4.62. The summed E-state index contributed by atoms with van der Waals surface area (Å²) in [5, 5.41) is 7.35. The number of hydrogen-bond donors (Lipinski definition) is 2. The van der Waals surface area contributed by atoms with Crippen LogP contribution in [0.5, 0.6) is 0 Å². The van der Waals surface area contributed by atoms with Gasteiger partial charge in [0.25, 0.3) is 0 Å². The lowest BCUT2D eigenvalue weighted by molar-refractivity contribution is 0.585. The van der Waals surface area contributed by atoms with E-state index < -0.39 is 0 Å². The first-order valence-corrected chi connectivity index (χ1v) is 8.91. The van der Waals surface area contributed by atoms with E-state index in [0.717, 1.165) is 49.9 Å². The Labute approximate surface area is 153 Å². The maximum atomic E-state index is 11.6. The molecular weight excluding hydrogens is 336 g/mol. The Hall–Kier alpha value is -2.27. The molecule has 1 aromatic heterocycles. The van der Waals surface area contributed by atoms with Crippen LogP contribution in [0.15, 0.2) is 58.4 Å². The lowest BCUT2D eigenvalue weighted by Crippen LogP contribution is -2.38. The van der Waals surface area contributed by atoms with Crippen LogP contribution in [0, 0.1) is 0 Å². The number of aryl methyl sites for hydroxylation is 1. The number of nitrogens with one attached hydrogen (secondary N) is 2. The summed E-state index contributed by atoms with van der Waals surface area (Å²) in [5.74, 6) is 0.791. The van der Waals surface area contributed by atoms with Gasteiger partial charge >= 0.3 is 0 Å². The van der Waals surface area contributed by atoms with Crippen LogP contribution >= 0.6 is 11.6 Å². The molecule has 0 radical (unpaired) electrons. The zero-order valence-electron chi connectivity index (χ0n) is 14.5. The van der Waals surface area contributed by atoms with E-state index in [1.807, 2.05) is 30.5 Å². The third kappa shape index (κ3) is 7.01. The molecule has 0 amide bonds. The molecule has 0 aliphatic carbocycles. The predicted octanol–water partition coefficient (Wildman–Crippen LogP) is 2.69. The van der Waals surface area contributed by atoms with Gasteiger partial charge in [-0.2, -0.15) is 0 Å². The van der Waals surface area contributed by atoms with Crippen LogP contribution in [0.25, 0.3) is 0 Å². The van der Waals surface area contributed by atoms with E-state index in [2.05, 4.69) is 21.7 Å². The van der Waals surface area contributed by atoms with Crippen molar-refractivity contribution >= 4 is 17.6 Å². The molecule has 5 nitrogen and oxygen atoms in total. The fourth-order valence-corrected chi connectivity index (χ4v) is 2.71. The predicted molar refractivity (Wildman–Crippen MR) is 104 cm³/mol. The van der Waals surface area contributed by atoms with Gasteiger partial charge in [-0.25, -0.2) is 0 Å². The van der Waals surface area contributed by atoms with E-state index in [1.54, 1.807) is 23.7 Å². The molecule has 0 aliphatic heterocycles. The Morgan fingerprint density at radius 3 is 2.72 bits per heavy atom. The van der Waals surface area contributed by atoms with Gasteiger partial charge < -0.3 is 15.2 Å². The molecule has 0 saturated heterocycles. The molecule has 134 valence electrons. The number of aliphatic imine (C=N–C) groups is 1. The van der Waals surface area contributed by atoms with Crippen LogP contribution in [0.1, 0.15) is 18.4 Å². The Morgan fingerprint density at radius 2 is 1.96 bits per heavy atom. The number of guanidine groups is 1. The largest absolute Gasteiger partial charge is 0.356 e. The van der Waals surface area contributed by atoms with Crippen molar-refractivity contribution in [2.24, 2.45) is 4.99 Å². The van der Waals surface area contributed by atoms with Crippen molar-refractivity contribution in [2.45, 2.75) is 25.8 Å². The summed E-state index contributed by atoms with van der Waals surface area (Å²) in [6.45, 7) is 2.35. The molecule has 0 saturated carbocycles. The van der Waals surface area contributed by atoms with Crippen molar-refractivity contribution in [3.05, 3.63) is 69.6 Å². The molecule has 6 heteroatoms. The first kappa shape index (κ1) is 19.1. The molecule has 1 heterocycles. The molecular formula is C19H25ClN4O. The van der Waals surface area contributed by atoms with Gasteiger partial charge in [0.15, 0.2) is 5.96 Å². The lowest BCUT2D eigenvalue weighted by Gasteiger charge is -2.12. The molecule has 0 aliphatic rings. The molecule has 0 unspecified atom stereocenters. The third-order valence-corrected chi connectivity index (χ3v) is 4.07. The maximum Gasteiger partial charge on any atom is 0.250 e. The summed E-state index contributed by atoms with van der Waals surface area (Å²) in [6, 6.07) is 13.1. The zero-order valence-corrected chi connectivity index (χ0v) is 15.3. The van der Waals surface area contributed by atoms with Gasteiger partial charge in [-0.3, -0.25) is 9.79 Å². The van der Waals surface area contributed by atoms with Gasteiger partial charge in [-0.15, -0.1) is 0 Å². The first-order chi connectivity index (χ1) is 12.2. The lowest BCUT2D eigenvalue weighted by atomic mass is 10.1. The highest BCUT2D eigenvalue weighted by Crippen LogP contribution is 2.10. The van der Waals surface area contributed by atoms with Crippen molar-refractivity contribution < 1.29 is 0 Å². The molecule has 25 heavy (non-hydrogen) atoms. The molecule has 0 spiro atoms. The standard InChI is InChI=1S/C19H25ClN4O/c1-21-19(23-12-10-16-7-6-8-17(20)15-16)22-11-3-5-14-24-13-4-2-9-18(24)25/h2,4,6-9,13,15H,3,5,10-12,14H2,1H3,(H2,21,22,23). The van der Waals surface area contributed by atoms with Crippen molar-refractivity contribution in [1.82, 2.24) is 15.2 Å². The van der Waals surface area contributed by atoms with Crippen molar-refractivity contribution in [2.75, 3.05) is 20.1 Å². The highest BCUT2D eigenvalue weighted by atomic mass is 35.5. The molecule has 0 atom stereocenters. The minimum Gasteiger partial charge on any atom is -0.356 e. The van der Waals surface area contributed by atoms with Crippen molar-refractivity contribution in [3.63, 3.8) is 0 Å². The number of unbranched alkanes of at least 4 members (excludes halogenated alkanes) is 1. The van der Waals surface area contributed by atoms with E-state index in [1.165, 1.54) is 5.56 Å². The Morgan fingerprint density at radius 1 is 1.12 bits per heavy atom. The third-order valence-electron chi connectivity index (χ3n) is 3.84. The second-order valence-electron chi connectivity index (χ2n) is 5.75. The zero-order chi connectivity index (χ0) is 17.9. The molecule has 0 fully saturated rings. The normalized spacial score (nSPS) is 11.4. The summed E-state index contributed by atoms with van der Waals surface area (Å²) < 4.78 is 1.73. The average molecular weight is 361 g/mol. The van der Waals surface area contributed by atoms with E-state index in [9.17, 15) is 4.79 Å². The fourth-order valence-electron chi connectivity index (χ4n) is 2.50. The van der Waals surface area contributed by atoms with E-state index >= 15 is 0 Å².